The highest BCUT2D eigenvalue weighted by molar-refractivity contribution is 5.99. The topological polar surface area (TPSA) is 3.24 Å². The number of hydrogen-bond donors (Lipinski definition) is 0. The number of nitrogens with zero attached hydrogens (tertiary/aromatic N) is 1. The molecule has 0 N–H and O–H groups in total. The van der Waals surface area contributed by atoms with Crippen LogP contribution >= 0.6 is 0 Å². The van der Waals surface area contributed by atoms with Crippen molar-refractivity contribution in [2.75, 3.05) is 4.90 Å². The summed E-state index contributed by atoms with van der Waals surface area (Å²) in [4.78, 5) is 2.64. The van der Waals surface area contributed by atoms with Gasteiger partial charge in [0.15, 0.2) is 0 Å². The van der Waals surface area contributed by atoms with Crippen LogP contribution in [0.1, 0.15) is 79.0 Å². The van der Waals surface area contributed by atoms with Crippen molar-refractivity contribution >= 4 is 16.9 Å². The largest absolute Gasteiger partial charge is 0.313 e. The Morgan fingerprint density at radius 2 is 1.23 bits per heavy atom. The van der Waals surface area contributed by atoms with Crippen molar-refractivity contribution in [3.63, 3.8) is 0 Å². The van der Waals surface area contributed by atoms with Gasteiger partial charge in [-0.1, -0.05) is 173 Å². The van der Waals surface area contributed by atoms with E-state index >= 15 is 0 Å². The number of benzene rings is 6. The van der Waals surface area contributed by atoms with E-state index < -0.39 is 0 Å². The molecule has 0 saturated carbocycles. The predicted octanol–water partition coefficient (Wildman–Crippen LogP) is 13.3. The van der Waals surface area contributed by atoms with Gasteiger partial charge in [0.2, 0.25) is 0 Å². The van der Waals surface area contributed by atoms with E-state index in [1.807, 2.05) is 0 Å². The summed E-state index contributed by atoms with van der Waals surface area (Å²) in [7, 11) is 0. The molecule has 0 saturated heterocycles. The van der Waals surface area contributed by atoms with Gasteiger partial charge in [0.1, 0.15) is 0 Å². The molecule has 1 nitrogen and oxygen atoms in total. The number of aryl methyl sites for hydroxylation is 1. The molecule has 2 atom stereocenters. The molecule has 0 aromatic heterocycles. The summed E-state index contributed by atoms with van der Waals surface area (Å²) in [6, 6.07) is 52.7. The number of anilines is 2. The van der Waals surface area contributed by atoms with Gasteiger partial charge < -0.3 is 4.90 Å². The zero-order chi connectivity index (χ0) is 35.9. The SMILES string of the molecule is CC1(C)c2ccccc2-c2c(-c3ccccc3N(C3=C(c4ccccc4)c4ccccc4CC3)c3ccc4c(c3)C(C)(C)C3C=CC=CC43)cccc21. The van der Waals surface area contributed by atoms with Crippen molar-refractivity contribution in [3.8, 4) is 22.3 Å². The van der Waals surface area contributed by atoms with Crippen LogP contribution in [-0.4, -0.2) is 0 Å². The zero-order valence-electron chi connectivity index (χ0n) is 31.1. The fourth-order valence-electron chi connectivity index (χ4n) is 10.3. The summed E-state index contributed by atoms with van der Waals surface area (Å²) in [5, 5.41) is 0. The molecule has 0 fully saturated rings. The van der Waals surface area contributed by atoms with Gasteiger partial charge in [-0.2, -0.15) is 0 Å². The lowest BCUT2D eigenvalue weighted by Gasteiger charge is -2.36. The molecule has 10 rings (SSSR count). The van der Waals surface area contributed by atoms with E-state index in [1.54, 1.807) is 0 Å². The summed E-state index contributed by atoms with van der Waals surface area (Å²) in [5.41, 5.74) is 20.1. The third-order valence-electron chi connectivity index (χ3n) is 12.9. The van der Waals surface area contributed by atoms with Crippen LogP contribution in [0.5, 0.6) is 0 Å². The predicted molar refractivity (Wildman–Crippen MR) is 223 cm³/mol. The molecule has 53 heavy (non-hydrogen) atoms. The Bertz CT molecular complexity index is 2520. The van der Waals surface area contributed by atoms with Crippen molar-refractivity contribution in [2.45, 2.75) is 57.3 Å². The average Bonchev–Trinajstić information content (AvgIpc) is 3.58. The van der Waals surface area contributed by atoms with Crippen molar-refractivity contribution in [1.82, 2.24) is 0 Å². The third-order valence-corrected chi connectivity index (χ3v) is 12.9. The molecule has 0 heterocycles. The third kappa shape index (κ3) is 4.76. The monoisotopic (exact) mass is 683 g/mol. The first-order valence-electron chi connectivity index (χ1n) is 19.3. The van der Waals surface area contributed by atoms with Crippen LogP contribution in [-0.2, 0) is 17.3 Å². The fourth-order valence-corrected chi connectivity index (χ4v) is 10.3. The lowest BCUT2D eigenvalue weighted by molar-refractivity contribution is 0.394. The highest BCUT2D eigenvalue weighted by Gasteiger charge is 2.45. The molecule has 6 aromatic rings. The van der Waals surface area contributed by atoms with Gasteiger partial charge in [-0.25, -0.2) is 0 Å². The molecule has 1 heteroatoms. The Labute approximate surface area is 314 Å². The molecule has 0 amide bonds. The van der Waals surface area contributed by atoms with Crippen LogP contribution in [0.3, 0.4) is 0 Å². The summed E-state index contributed by atoms with van der Waals surface area (Å²) >= 11 is 0. The first-order valence-corrected chi connectivity index (χ1v) is 19.3. The van der Waals surface area contributed by atoms with Crippen molar-refractivity contribution < 1.29 is 0 Å². The molecular weight excluding hydrogens is 639 g/mol. The van der Waals surface area contributed by atoms with Gasteiger partial charge >= 0.3 is 0 Å². The summed E-state index contributed by atoms with van der Waals surface area (Å²) in [6.07, 6.45) is 11.3. The summed E-state index contributed by atoms with van der Waals surface area (Å²) in [6.45, 7) is 9.65. The molecule has 2 unspecified atom stereocenters. The van der Waals surface area contributed by atoms with Gasteiger partial charge in [0.25, 0.3) is 0 Å². The molecular formula is C52H45N. The van der Waals surface area contributed by atoms with E-state index in [0.717, 1.165) is 12.8 Å². The minimum absolute atomic E-state index is 0.00775. The van der Waals surface area contributed by atoms with Crippen LogP contribution in [0.15, 0.2) is 170 Å². The average molecular weight is 684 g/mol. The Morgan fingerprint density at radius 3 is 2.08 bits per heavy atom. The lowest BCUT2D eigenvalue weighted by Crippen LogP contribution is -2.25. The van der Waals surface area contributed by atoms with Gasteiger partial charge in [-0.05, 0) is 98.0 Å². The van der Waals surface area contributed by atoms with Gasteiger partial charge in [0.05, 0.1) is 5.69 Å². The minimum Gasteiger partial charge on any atom is -0.313 e. The molecule has 0 spiro atoms. The Kier molecular flexibility index (Phi) is 7.21. The second kappa shape index (κ2) is 11.9. The quantitative estimate of drug-likeness (QED) is 0.175. The van der Waals surface area contributed by atoms with Gasteiger partial charge in [-0.3, -0.25) is 0 Å². The van der Waals surface area contributed by atoms with Crippen molar-refractivity contribution in [3.05, 3.63) is 208 Å². The maximum atomic E-state index is 2.64. The zero-order valence-corrected chi connectivity index (χ0v) is 31.1. The van der Waals surface area contributed by atoms with E-state index in [0.29, 0.717) is 11.8 Å². The van der Waals surface area contributed by atoms with Gasteiger partial charge in [-0.15, -0.1) is 0 Å². The van der Waals surface area contributed by atoms with Crippen LogP contribution in [0.4, 0.5) is 11.4 Å². The first-order chi connectivity index (χ1) is 25.8. The van der Waals surface area contributed by atoms with E-state index in [-0.39, 0.29) is 10.8 Å². The molecule has 4 aliphatic carbocycles. The molecule has 258 valence electrons. The highest BCUT2D eigenvalue weighted by atomic mass is 15.2. The van der Waals surface area contributed by atoms with E-state index in [2.05, 4.69) is 196 Å². The van der Waals surface area contributed by atoms with E-state index in [9.17, 15) is 0 Å². The highest BCUT2D eigenvalue weighted by Crippen LogP contribution is 2.56. The first kappa shape index (κ1) is 32.0. The Morgan fingerprint density at radius 1 is 0.547 bits per heavy atom. The second-order valence-electron chi connectivity index (χ2n) is 16.4. The number of allylic oxidation sites excluding steroid dienone is 5. The van der Waals surface area contributed by atoms with Crippen LogP contribution in [0.25, 0.3) is 27.8 Å². The van der Waals surface area contributed by atoms with E-state index in [1.165, 1.54) is 83.8 Å². The lowest BCUT2D eigenvalue weighted by atomic mass is 9.74. The minimum atomic E-state index is -0.0715. The molecule has 0 bridgehead atoms. The number of rotatable bonds is 5. The summed E-state index contributed by atoms with van der Waals surface area (Å²) < 4.78 is 0. The maximum Gasteiger partial charge on any atom is 0.0537 e. The second-order valence-corrected chi connectivity index (χ2v) is 16.4. The van der Waals surface area contributed by atoms with Crippen molar-refractivity contribution in [2.24, 2.45) is 5.92 Å². The number of para-hydroxylation sites is 1. The van der Waals surface area contributed by atoms with Crippen LogP contribution in [0, 0.1) is 5.92 Å². The van der Waals surface area contributed by atoms with Crippen molar-refractivity contribution in [1.29, 1.82) is 0 Å². The smallest absolute Gasteiger partial charge is 0.0537 e. The molecule has 4 aliphatic rings. The summed E-state index contributed by atoms with van der Waals surface area (Å²) in [5.74, 6) is 0.866. The van der Waals surface area contributed by atoms with Crippen LogP contribution in [0.2, 0.25) is 0 Å². The normalized spacial score (nSPS) is 19.6. The van der Waals surface area contributed by atoms with Crippen LogP contribution < -0.4 is 4.90 Å². The molecule has 0 aliphatic heterocycles. The number of fused-ring (bicyclic) bond motifs is 7. The van der Waals surface area contributed by atoms with E-state index in [4.69, 9.17) is 0 Å². The maximum absolute atomic E-state index is 2.64. The molecule has 6 aromatic carbocycles. The molecule has 0 radical (unpaired) electrons. The fraction of sp³-hybridized carbons (Fsp3) is 0.192. The Hall–Kier alpha value is -5.66. The Balaban J connectivity index is 1.27. The standard InChI is InChI=1S/C52H45N/c1-51(2)44-26-14-11-23-42(44)50-41(24-16-27-45(50)51)40-22-12-15-28-47(40)53(36-30-31-39-38-21-10-13-25-43(38)52(3,4)46(39)33-36)48-32-29-34-17-8-9-20-37(34)49(48)35-18-6-5-7-19-35/h5-28,30-31,33,38,43H,29,32H2,1-4H3. The number of hydrogen-bond acceptors (Lipinski definition) is 1. The van der Waals surface area contributed by atoms with Gasteiger partial charge in [0, 0.05) is 33.9 Å².